The summed E-state index contributed by atoms with van der Waals surface area (Å²) in [6, 6.07) is 0.404. The van der Waals surface area contributed by atoms with E-state index in [0.717, 1.165) is 24.0 Å². The Labute approximate surface area is 101 Å². The first kappa shape index (κ1) is 11.8. The van der Waals surface area contributed by atoms with Crippen LogP contribution in [0.5, 0.6) is 0 Å². The molecule has 1 heterocycles. The summed E-state index contributed by atoms with van der Waals surface area (Å²) >= 11 is 1.44. The van der Waals surface area contributed by atoms with Crippen LogP contribution in [-0.4, -0.2) is 28.1 Å². The molecule has 1 fully saturated rings. The van der Waals surface area contributed by atoms with Crippen LogP contribution in [0.2, 0.25) is 0 Å². The van der Waals surface area contributed by atoms with E-state index >= 15 is 0 Å². The molecule has 1 aromatic heterocycles. The molecule has 1 aliphatic rings. The van der Waals surface area contributed by atoms with Crippen molar-refractivity contribution >= 4 is 16.7 Å². The Balaban J connectivity index is 1.95. The summed E-state index contributed by atoms with van der Waals surface area (Å²) in [6.45, 7) is 4.77. The average molecular weight is 241 g/mol. The van der Waals surface area contributed by atoms with E-state index in [4.69, 9.17) is 4.74 Å². The van der Waals surface area contributed by atoms with E-state index in [2.05, 4.69) is 21.6 Å². The lowest BCUT2D eigenvalue weighted by atomic mass is 9.92. The first-order valence-electron chi connectivity index (χ1n) is 5.98. The van der Waals surface area contributed by atoms with Gasteiger partial charge < -0.3 is 10.1 Å². The van der Waals surface area contributed by atoms with Gasteiger partial charge in [-0.05, 0) is 26.7 Å². The zero-order valence-corrected chi connectivity index (χ0v) is 10.7. The van der Waals surface area contributed by atoms with Crippen LogP contribution in [0.15, 0.2) is 0 Å². The Morgan fingerprint density at radius 2 is 2.25 bits per heavy atom. The maximum absolute atomic E-state index is 5.77. The van der Waals surface area contributed by atoms with Gasteiger partial charge in [0.1, 0.15) is 5.82 Å². The molecule has 5 heteroatoms. The number of aryl methyl sites for hydroxylation is 1. The Morgan fingerprint density at radius 3 is 2.94 bits per heavy atom. The predicted octanol–water partition coefficient (Wildman–Crippen LogP) is 2.61. The number of rotatable bonds is 4. The number of anilines is 1. The second kappa shape index (κ2) is 5.59. The molecule has 0 bridgehead atoms. The molecule has 0 aliphatic heterocycles. The highest BCUT2D eigenvalue weighted by atomic mass is 32.1. The lowest BCUT2D eigenvalue weighted by Gasteiger charge is -2.31. The lowest BCUT2D eigenvalue weighted by molar-refractivity contribution is 0.0280. The number of nitrogens with one attached hydrogen (secondary N) is 1. The maximum atomic E-state index is 5.77. The summed E-state index contributed by atoms with van der Waals surface area (Å²) in [6.07, 6.45) is 5.21. The number of hydrogen-bond donors (Lipinski definition) is 1. The molecule has 1 saturated carbocycles. The quantitative estimate of drug-likeness (QED) is 0.880. The van der Waals surface area contributed by atoms with Crippen LogP contribution >= 0.6 is 11.5 Å². The lowest BCUT2D eigenvalue weighted by Crippen LogP contribution is -2.38. The summed E-state index contributed by atoms with van der Waals surface area (Å²) in [4.78, 5) is 4.34. The van der Waals surface area contributed by atoms with Crippen molar-refractivity contribution in [2.45, 2.75) is 51.7 Å². The summed E-state index contributed by atoms with van der Waals surface area (Å²) < 4.78 is 9.95. The Morgan fingerprint density at radius 1 is 1.44 bits per heavy atom. The standard InChI is InChI=1S/C11H19N3OS/c1-3-15-10-7-5-4-6-9(10)13-11-12-8(2)14-16-11/h9-10H,3-7H2,1-2H3,(H,12,13,14)/t9-,10-/m1/s1. The number of ether oxygens (including phenoxy) is 1. The van der Waals surface area contributed by atoms with E-state index in [0.29, 0.717) is 12.1 Å². The number of aromatic nitrogens is 2. The van der Waals surface area contributed by atoms with Crippen molar-refractivity contribution in [3.05, 3.63) is 5.82 Å². The van der Waals surface area contributed by atoms with E-state index in [1.807, 2.05) is 6.92 Å². The summed E-state index contributed by atoms with van der Waals surface area (Å²) in [5.74, 6) is 0.844. The normalized spacial score (nSPS) is 25.6. The molecule has 0 amide bonds. The highest BCUT2D eigenvalue weighted by Crippen LogP contribution is 2.25. The SMILES string of the molecule is CCO[C@@H]1CCCC[C@H]1Nc1nc(C)ns1. The predicted molar refractivity (Wildman–Crippen MR) is 65.9 cm³/mol. The van der Waals surface area contributed by atoms with Crippen molar-refractivity contribution in [1.82, 2.24) is 9.36 Å². The minimum Gasteiger partial charge on any atom is -0.376 e. The summed E-state index contributed by atoms with van der Waals surface area (Å²) in [5, 5.41) is 4.38. The van der Waals surface area contributed by atoms with E-state index in [1.54, 1.807) is 0 Å². The topological polar surface area (TPSA) is 47.0 Å². The number of nitrogens with zero attached hydrogens (tertiary/aromatic N) is 2. The molecule has 1 N–H and O–H groups in total. The second-order valence-corrected chi connectivity index (χ2v) is 4.93. The van der Waals surface area contributed by atoms with Crippen LogP contribution in [0.25, 0.3) is 0 Å². The fourth-order valence-corrected chi connectivity index (χ4v) is 2.83. The molecule has 0 aromatic carbocycles. The fourth-order valence-electron chi connectivity index (χ4n) is 2.19. The Hall–Kier alpha value is -0.680. The van der Waals surface area contributed by atoms with Gasteiger partial charge in [0, 0.05) is 18.1 Å². The van der Waals surface area contributed by atoms with Crippen LogP contribution in [0.3, 0.4) is 0 Å². The number of hydrogen-bond acceptors (Lipinski definition) is 5. The Kier molecular flexibility index (Phi) is 4.12. The van der Waals surface area contributed by atoms with Crippen LogP contribution in [0.1, 0.15) is 38.4 Å². The van der Waals surface area contributed by atoms with Crippen molar-refractivity contribution in [3.8, 4) is 0 Å². The molecule has 2 atom stereocenters. The third-order valence-electron chi connectivity index (χ3n) is 2.92. The second-order valence-electron chi connectivity index (χ2n) is 4.18. The minimum atomic E-state index is 0.336. The summed E-state index contributed by atoms with van der Waals surface area (Å²) in [7, 11) is 0. The van der Waals surface area contributed by atoms with E-state index < -0.39 is 0 Å². The van der Waals surface area contributed by atoms with Gasteiger partial charge >= 0.3 is 0 Å². The molecule has 0 saturated heterocycles. The first-order chi connectivity index (χ1) is 7.79. The van der Waals surface area contributed by atoms with Gasteiger partial charge in [-0.3, -0.25) is 0 Å². The molecule has 0 unspecified atom stereocenters. The molecule has 90 valence electrons. The third kappa shape index (κ3) is 2.92. The zero-order valence-electron chi connectivity index (χ0n) is 9.90. The Bertz CT molecular complexity index is 327. The first-order valence-corrected chi connectivity index (χ1v) is 6.75. The van der Waals surface area contributed by atoms with Gasteiger partial charge in [0.2, 0.25) is 5.13 Å². The molecule has 1 aliphatic carbocycles. The largest absolute Gasteiger partial charge is 0.376 e. The van der Waals surface area contributed by atoms with Crippen molar-refractivity contribution in [1.29, 1.82) is 0 Å². The summed E-state index contributed by atoms with van der Waals surface area (Å²) in [5.41, 5.74) is 0. The average Bonchev–Trinajstić information content (AvgIpc) is 2.67. The molecule has 4 nitrogen and oxygen atoms in total. The highest BCUT2D eigenvalue weighted by Gasteiger charge is 2.26. The van der Waals surface area contributed by atoms with Gasteiger partial charge in [-0.1, -0.05) is 12.8 Å². The molecule has 16 heavy (non-hydrogen) atoms. The van der Waals surface area contributed by atoms with E-state index in [9.17, 15) is 0 Å². The third-order valence-corrected chi connectivity index (χ3v) is 3.66. The molecule has 0 spiro atoms. The van der Waals surface area contributed by atoms with Crippen molar-refractivity contribution in [3.63, 3.8) is 0 Å². The van der Waals surface area contributed by atoms with Crippen LogP contribution in [0, 0.1) is 6.92 Å². The van der Waals surface area contributed by atoms with Crippen LogP contribution < -0.4 is 5.32 Å². The van der Waals surface area contributed by atoms with Crippen molar-refractivity contribution < 1.29 is 4.74 Å². The van der Waals surface area contributed by atoms with Gasteiger partial charge in [0.15, 0.2) is 0 Å². The van der Waals surface area contributed by atoms with Crippen LogP contribution in [0.4, 0.5) is 5.13 Å². The monoisotopic (exact) mass is 241 g/mol. The van der Waals surface area contributed by atoms with Crippen molar-refractivity contribution in [2.24, 2.45) is 0 Å². The van der Waals surface area contributed by atoms with Gasteiger partial charge in [-0.25, -0.2) is 4.98 Å². The molecular formula is C11H19N3OS. The van der Waals surface area contributed by atoms with E-state index in [1.165, 1.54) is 30.8 Å². The fraction of sp³-hybridized carbons (Fsp3) is 0.818. The van der Waals surface area contributed by atoms with Crippen molar-refractivity contribution in [2.75, 3.05) is 11.9 Å². The zero-order chi connectivity index (χ0) is 11.4. The molecule has 1 aromatic rings. The van der Waals surface area contributed by atoms with Crippen LogP contribution in [-0.2, 0) is 4.74 Å². The molecular weight excluding hydrogens is 222 g/mol. The smallest absolute Gasteiger partial charge is 0.202 e. The van der Waals surface area contributed by atoms with Gasteiger partial charge in [0.05, 0.1) is 12.1 Å². The minimum absolute atomic E-state index is 0.336. The molecule has 0 radical (unpaired) electrons. The highest BCUT2D eigenvalue weighted by molar-refractivity contribution is 7.09. The van der Waals surface area contributed by atoms with Gasteiger partial charge in [0.25, 0.3) is 0 Å². The maximum Gasteiger partial charge on any atom is 0.202 e. The van der Waals surface area contributed by atoms with Gasteiger partial charge in [-0.15, -0.1) is 0 Å². The van der Waals surface area contributed by atoms with Gasteiger partial charge in [-0.2, -0.15) is 4.37 Å². The molecule has 2 rings (SSSR count). The van der Waals surface area contributed by atoms with E-state index in [-0.39, 0.29) is 0 Å².